The maximum Gasteiger partial charge on any atom is 0.166 e. The maximum atomic E-state index is 8.15. The third kappa shape index (κ3) is 1.19. The fourth-order valence-electron chi connectivity index (χ4n) is 0.926. The van der Waals surface area contributed by atoms with Crippen LogP contribution in [0.3, 0.4) is 0 Å². The second-order valence-corrected chi connectivity index (χ2v) is 4.03. The van der Waals surface area contributed by atoms with Gasteiger partial charge < -0.3 is 4.74 Å². The Balaban J connectivity index is 2.70. The molecule has 11 heavy (non-hydrogen) atoms. The summed E-state index contributed by atoms with van der Waals surface area (Å²) in [5, 5.41) is 3.51. The Hall–Kier alpha value is -0.730. The van der Waals surface area contributed by atoms with Crippen LogP contribution in [-0.2, 0) is 4.74 Å². The van der Waals surface area contributed by atoms with Gasteiger partial charge in [0.1, 0.15) is 5.60 Å². The molecule has 0 spiro atoms. The number of nitrogens with zero attached hydrogens (tertiary/aromatic N) is 3. The topological polar surface area (TPSA) is 61.3 Å². The van der Waals surface area contributed by atoms with Crippen LogP contribution in [0.2, 0.25) is 0 Å². The number of hydrogen-bond donors (Lipinski definition) is 0. The maximum absolute atomic E-state index is 8.15. The summed E-state index contributed by atoms with van der Waals surface area (Å²) in [6, 6.07) is 0. The summed E-state index contributed by atoms with van der Waals surface area (Å²) in [5.41, 5.74) is 7.92. The normalized spacial score (nSPS) is 36.2. The van der Waals surface area contributed by atoms with Crippen molar-refractivity contribution in [3.05, 3.63) is 10.4 Å². The monoisotopic (exact) mass is 155 g/mol. The van der Waals surface area contributed by atoms with E-state index in [9.17, 15) is 0 Å². The molecule has 62 valence electrons. The van der Waals surface area contributed by atoms with E-state index in [1.807, 2.05) is 6.92 Å². The molecule has 4 nitrogen and oxygen atoms in total. The molecule has 0 aromatic rings. The summed E-state index contributed by atoms with van der Waals surface area (Å²) < 4.78 is 5.29. The Morgan fingerprint density at radius 1 is 1.55 bits per heavy atom. The molecule has 4 heteroatoms. The van der Waals surface area contributed by atoms with Gasteiger partial charge in [0.2, 0.25) is 0 Å². The Labute approximate surface area is 66.2 Å². The van der Waals surface area contributed by atoms with Crippen LogP contribution >= 0.6 is 0 Å². The van der Waals surface area contributed by atoms with E-state index in [2.05, 4.69) is 30.8 Å². The molecule has 2 atom stereocenters. The molecule has 0 aromatic heterocycles. The third-order valence-electron chi connectivity index (χ3n) is 2.42. The van der Waals surface area contributed by atoms with Gasteiger partial charge in [0.15, 0.2) is 6.23 Å². The van der Waals surface area contributed by atoms with Crippen molar-refractivity contribution in [1.82, 2.24) is 0 Å². The van der Waals surface area contributed by atoms with E-state index in [4.69, 9.17) is 10.3 Å². The van der Waals surface area contributed by atoms with Gasteiger partial charge in [-0.05, 0) is 17.9 Å². The number of ether oxygens (including phenoxy) is 1. The summed E-state index contributed by atoms with van der Waals surface area (Å²) in [4.78, 5) is 2.71. The fourth-order valence-corrected chi connectivity index (χ4v) is 0.926. The first-order valence-corrected chi connectivity index (χ1v) is 3.64. The minimum absolute atomic E-state index is 0.0336. The molecule has 0 bridgehead atoms. The van der Waals surface area contributed by atoms with Crippen LogP contribution in [0.5, 0.6) is 0 Å². The average Bonchev–Trinajstić information content (AvgIpc) is 2.43. The van der Waals surface area contributed by atoms with Crippen molar-refractivity contribution >= 4 is 0 Å². The van der Waals surface area contributed by atoms with Crippen molar-refractivity contribution in [3.8, 4) is 0 Å². The smallest absolute Gasteiger partial charge is 0.166 e. The number of hydrogen-bond acceptors (Lipinski definition) is 2. The number of azide groups is 1. The lowest BCUT2D eigenvalue weighted by Crippen LogP contribution is -2.28. The summed E-state index contributed by atoms with van der Waals surface area (Å²) in [7, 11) is 0. The van der Waals surface area contributed by atoms with Crippen LogP contribution in [0.25, 0.3) is 10.4 Å². The molecule has 2 unspecified atom stereocenters. The van der Waals surface area contributed by atoms with Crippen LogP contribution in [0.4, 0.5) is 0 Å². The molecule has 1 saturated heterocycles. The standard InChI is InChI=1S/C7H13N3O/c1-6(2,3)7(4)5(11-7)9-10-8/h5H,1-4H3. The highest BCUT2D eigenvalue weighted by molar-refractivity contribution is 5.05. The molecule has 1 fully saturated rings. The van der Waals surface area contributed by atoms with Crippen LogP contribution in [0.15, 0.2) is 5.11 Å². The molecule has 0 N–H and O–H groups in total. The molecule has 0 aliphatic carbocycles. The van der Waals surface area contributed by atoms with Crippen molar-refractivity contribution in [3.63, 3.8) is 0 Å². The number of epoxide rings is 1. The lowest BCUT2D eigenvalue weighted by molar-refractivity contribution is 0.173. The molecular weight excluding hydrogens is 142 g/mol. The molecule has 1 aliphatic heterocycles. The van der Waals surface area contributed by atoms with E-state index in [-0.39, 0.29) is 17.2 Å². The summed E-state index contributed by atoms with van der Waals surface area (Å²) in [5.74, 6) is 0. The molecule has 0 amide bonds. The van der Waals surface area contributed by atoms with Gasteiger partial charge in [-0.2, -0.15) is 0 Å². The SMILES string of the molecule is CC(C)(C)C1(C)OC1N=[N+]=[N-]. The number of rotatable bonds is 1. The summed E-state index contributed by atoms with van der Waals surface area (Å²) >= 11 is 0. The first kappa shape index (κ1) is 8.37. The summed E-state index contributed by atoms with van der Waals surface area (Å²) in [6.07, 6.45) is -0.271. The minimum atomic E-state index is -0.271. The second-order valence-electron chi connectivity index (χ2n) is 4.03. The van der Waals surface area contributed by atoms with Gasteiger partial charge in [-0.1, -0.05) is 25.9 Å². The highest BCUT2D eigenvalue weighted by Crippen LogP contribution is 2.50. The first-order valence-electron chi connectivity index (χ1n) is 3.64. The van der Waals surface area contributed by atoms with Gasteiger partial charge in [0, 0.05) is 4.91 Å². The van der Waals surface area contributed by atoms with Crippen LogP contribution in [0.1, 0.15) is 27.7 Å². The zero-order valence-electron chi connectivity index (χ0n) is 7.33. The van der Waals surface area contributed by atoms with E-state index in [1.165, 1.54) is 0 Å². The van der Waals surface area contributed by atoms with Gasteiger partial charge >= 0.3 is 0 Å². The molecule has 0 aromatic carbocycles. The van der Waals surface area contributed by atoms with Crippen molar-refractivity contribution < 1.29 is 4.74 Å². The minimum Gasteiger partial charge on any atom is -0.360 e. The van der Waals surface area contributed by atoms with Crippen molar-refractivity contribution in [1.29, 1.82) is 0 Å². The van der Waals surface area contributed by atoms with Crippen LogP contribution in [0, 0.1) is 5.41 Å². The van der Waals surface area contributed by atoms with Gasteiger partial charge in [0.25, 0.3) is 0 Å². The van der Waals surface area contributed by atoms with Crippen molar-refractivity contribution in [2.24, 2.45) is 10.5 Å². The fraction of sp³-hybridized carbons (Fsp3) is 1.00. The molecule has 0 radical (unpaired) electrons. The van der Waals surface area contributed by atoms with Crippen molar-refractivity contribution in [2.45, 2.75) is 39.5 Å². The highest BCUT2D eigenvalue weighted by Gasteiger charge is 2.59. The molecular formula is C7H13N3O. The molecule has 1 rings (SSSR count). The van der Waals surface area contributed by atoms with Gasteiger partial charge in [-0.25, -0.2) is 0 Å². The predicted molar refractivity (Wildman–Crippen MR) is 41.9 cm³/mol. The third-order valence-corrected chi connectivity index (χ3v) is 2.42. The van der Waals surface area contributed by atoms with Crippen molar-refractivity contribution in [2.75, 3.05) is 0 Å². The van der Waals surface area contributed by atoms with E-state index in [1.54, 1.807) is 0 Å². The largest absolute Gasteiger partial charge is 0.360 e. The lowest BCUT2D eigenvalue weighted by atomic mass is 9.81. The Bertz CT molecular complexity index is 214. The van der Waals surface area contributed by atoms with E-state index < -0.39 is 0 Å². The van der Waals surface area contributed by atoms with E-state index >= 15 is 0 Å². The van der Waals surface area contributed by atoms with Gasteiger partial charge in [-0.15, -0.1) is 0 Å². The second kappa shape index (κ2) is 2.13. The quantitative estimate of drug-likeness (QED) is 0.248. The average molecular weight is 155 g/mol. The van der Waals surface area contributed by atoms with Gasteiger partial charge in [-0.3, -0.25) is 0 Å². The van der Waals surface area contributed by atoms with E-state index in [0.29, 0.717) is 0 Å². The molecule has 0 saturated carbocycles. The predicted octanol–water partition coefficient (Wildman–Crippen LogP) is 2.46. The molecule has 1 aliphatic rings. The Morgan fingerprint density at radius 2 is 2.09 bits per heavy atom. The van der Waals surface area contributed by atoms with Crippen LogP contribution < -0.4 is 0 Å². The first-order chi connectivity index (χ1) is 4.92. The van der Waals surface area contributed by atoms with Gasteiger partial charge in [0.05, 0.1) is 0 Å². The summed E-state index contributed by atoms with van der Waals surface area (Å²) in [6.45, 7) is 8.17. The highest BCUT2D eigenvalue weighted by atomic mass is 16.6. The molecule has 1 heterocycles. The van der Waals surface area contributed by atoms with E-state index in [0.717, 1.165) is 0 Å². The zero-order valence-corrected chi connectivity index (χ0v) is 7.33. The van der Waals surface area contributed by atoms with Crippen LogP contribution in [-0.4, -0.2) is 11.8 Å². The Morgan fingerprint density at radius 3 is 2.36 bits per heavy atom. The lowest BCUT2D eigenvalue weighted by Gasteiger charge is -2.23. The zero-order chi connectivity index (χ0) is 8.70. The Kier molecular flexibility index (Phi) is 1.62.